The second kappa shape index (κ2) is 4.29. The van der Waals surface area contributed by atoms with Gasteiger partial charge in [0.2, 0.25) is 0 Å². The minimum atomic E-state index is 1.05. The van der Waals surface area contributed by atoms with Crippen molar-refractivity contribution < 1.29 is 0 Å². The Bertz CT molecular complexity index is 412. The van der Waals surface area contributed by atoms with Gasteiger partial charge in [-0.25, -0.2) is 4.98 Å². The van der Waals surface area contributed by atoms with Crippen molar-refractivity contribution in [3.8, 4) is 0 Å². The summed E-state index contributed by atoms with van der Waals surface area (Å²) < 4.78 is 0. The van der Waals surface area contributed by atoms with Crippen LogP contribution < -0.4 is 0 Å². The predicted octanol–water partition coefficient (Wildman–Crippen LogP) is 3.54. The van der Waals surface area contributed by atoms with E-state index in [1.165, 1.54) is 10.5 Å². The van der Waals surface area contributed by atoms with Crippen LogP contribution in [-0.4, -0.2) is 4.98 Å². The highest BCUT2D eigenvalue weighted by molar-refractivity contribution is 7.99. The van der Waals surface area contributed by atoms with Crippen molar-refractivity contribution in [2.24, 2.45) is 0 Å². The first-order valence-corrected chi connectivity index (χ1v) is 5.32. The topological polar surface area (TPSA) is 12.9 Å². The van der Waals surface area contributed by atoms with Gasteiger partial charge in [0.15, 0.2) is 0 Å². The lowest BCUT2D eigenvalue weighted by molar-refractivity contribution is 1.11. The summed E-state index contributed by atoms with van der Waals surface area (Å²) in [5.74, 6) is 0. The predicted molar refractivity (Wildman–Crippen MR) is 59.5 cm³/mol. The number of pyridine rings is 1. The van der Waals surface area contributed by atoms with Crippen molar-refractivity contribution in [3.05, 3.63) is 54.2 Å². The molecule has 0 aliphatic heterocycles. The van der Waals surface area contributed by atoms with Crippen LogP contribution in [0.2, 0.25) is 0 Å². The number of benzene rings is 1. The molecule has 0 aliphatic carbocycles. The molecule has 1 heterocycles. The van der Waals surface area contributed by atoms with Crippen LogP contribution in [0.1, 0.15) is 5.56 Å². The zero-order chi connectivity index (χ0) is 9.80. The third-order valence-electron chi connectivity index (χ3n) is 1.86. The number of nitrogens with zero attached hydrogens (tertiary/aromatic N) is 1. The molecule has 2 heteroatoms. The van der Waals surface area contributed by atoms with Crippen molar-refractivity contribution >= 4 is 11.8 Å². The van der Waals surface area contributed by atoms with Crippen LogP contribution in [0.25, 0.3) is 0 Å². The van der Waals surface area contributed by atoms with Gasteiger partial charge in [0, 0.05) is 11.1 Å². The van der Waals surface area contributed by atoms with Crippen molar-refractivity contribution in [2.45, 2.75) is 16.8 Å². The largest absolute Gasteiger partial charge is 0.250 e. The van der Waals surface area contributed by atoms with E-state index in [9.17, 15) is 0 Å². The normalized spacial score (nSPS) is 10.1. The molecule has 0 unspecified atom stereocenters. The van der Waals surface area contributed by atoms with Crippen LogP contribution in [0.3, 0.4) is 0 Å². The van der Waals surface area contributed by atoms with Gasteiger partial charge in [0.1, 0.15) is 5.03 Å². The molecule has 1 nitrogen and oxygen atoms in total. The molecular formula is C12H11NS. The van der Waals surface area contributed by atoms with E-state index in [2.05, 4.69) is 30.1 Å². The minimum Gasteiger partial charge on any atom is -0.250 e. The molecule has 0 atom stereocenters. The number of rotatable bonds is 2. The van der Waals surface area contributed by atoms with E-state index in [0.717, 1.165) is 5.03 Å². The molecule has 0 spiro atoms. The lowest BCUT2D eigenvalue weighted by Gasteiger charge is -2.00. The molecule has 0 saturated carbocycles. The zero-order valence-electron chi connectivity index (χ0n) is 7.97. The maximum atomic E-state index is 4.30. The van der Waals surface area contributed by atoms with Crippen LogP contribution in [-0.2, 0) is 0 Å². The van der Waals surface area contributed by atoms with E-state index < -0.39 is 0 Å². The van der Waals surface area contributed by atoms with E-state index in [1.54, 1.807) is 11.8 Å². The van der Waals surface area contributed by atoms with Gasteiger partial charge < -0.3 is 0 Å². The minimum absolute atomic E-state index is 1.05. The van der Waals surface area contributed by atoms with Crippen LogP contribution in [0.4, 0.5) is 0 Å². The Morgan fingerprint density at radius 3 is 2.57 bits per heavy atom. The summed E-state index contributed by atoms with van der Waals surface area (Å²) in [4.78, 5) is 5.53. The zero-order valence-corrected chi connectivity index (χ0v) is 8.79. The Balaban J connectivity index is 2.19. The van der Waals surface area contributed by atoms with Crippen molar-refractivity contribution in [1.29, 1.82) is 0 Å². The van der Waals surface area contributed by atoms with Crippen molar-refractivity contribution in [1.82, 2.24) is 4.98 Å². The highest BCUT2D eigenvalue weighted by Crippen LogP contribution is 2.25. The number of aryl methyl sites for hydroxylation is 1. The Morgan fingerprint density at radius 1 is 1.07 bits per heavy atom. The fourth-order valence-corrected chi connectivity index (χ4v) is 2.07. The summed E-state index contributed by atoms with van der Waals surface area (Å²) in [6, 6.07) is 14.4. The van der Waals surface area contributed by atoms with Gasteiger partial charge in [0.25, 0.3) is 0 Å². The van der Waals surface area contributed by atoms with Crippen LogP contribution in [0.15, 0.2) is 58.6 Å². The van der Waals surface area contributed by atoms with Gasteiger partial charge in [-0.15, -0.1) is 0 Å². The lowest BCUT2D eigenvalue weighted by atomic mass is 10.3. The average molecular weight is 201 g/mol. The summed E-state index contributed by atoms with van der Waals surface area (Å²) in [7, 11) is 0. The molecule has 2 rings (SSSR count). The molecule has 14 heavy (non-hydrogen) atoms. The molecule has 0 bridgehead atoms. The quantitative estimate of drug-likeness (QED) is 0.737. The maximum Gasteiger partial charge on any atom is 0.101 e. The third-order valence-corrected chi connectivity index (χ3v) is 2.80. The van der Waals surface area contributed by atoms with Crippen LogP contribution in [0.5, 0.6) is 0 Å². The van der Waals surface area contributed by atoms with E-state index in [0.29, 0.717) is 0 Å². The Kier molecular flexibility index (Phi) is 2.84. The second-order valence-electron chi connectivity index (χ2n) is 3.09. The average Bonchev–Trinajstić information content (AvgIpc) is 2.19. The first-order chi connectivity index (χ1) is 6.84. The first-order valence-electron chi connectivity index (χ1n) is 4.50. The van der Waals surface area contributed by atoms with Crippen LogP contribution >= 0.6 is 11.8 Å². The molecule has 0 aliphatic rings. The number of hydrogen-bond acceptors (Lipinski definition) is 2. The first kappa shape index (κ1) is 9.28. The van der Waals surface area contributed by atoms with Crippen molar-refractivity contribution in [3.63, 3.8) is 0 Å². The standard InChI is InChI=1S/C12H11NS/c1-10-7-8-13-12(9-10)14-11-5-3-2-4-6-11/h2-9H,1H3. The van der Waals surface area contributed by atoms with Crippen LogP contribution in [0, 0.1) is 6.92 Å². The van der Waals surface area contributed by atoms with Gasteiger partial charge in [-0.05, 0) is 36.8 Å². The molecule has 2 aromatic rings. The number of hydrogen-bond donors (Lipinski definition) is 0. The fourth-order valence-electron chi connectivity index (χ4n) is 1.17. The molecule has 1 aromatic carbocycles. The van der Waals surface area contributed by atoms with Gasteiger partial charge in [0.05, 0.1) is 0 Å². The van der Waals surface area contributed by atoms with E-state index in [4.69, 9.17) is 0 Å². The molecule has 0 amide bonds. The number of aromatic nitrogens is 1. The van der Waals surface area contributed by atoms with Gasteiger partial charge in [-0.3, -0.25) is 0 Å². The summed E-state index contributed by atoms with van der Waals surface area (Å²) in [6.45, 7) is 2.08. The fraction of sp³-hybridized carbons (Fsp3) is 0.0833. The Morgan fingerprint density at radius 2 is 1.86 bits per heavy atom. The lowest BCUT2D eigenvalue weighted by Crippen LogP contribution is -1.80. The highest BCUT2D eigenvalue weighted by atomic mass is 32.2. The maximum absolute atomic E-state index is 4.30. The van der Waals surface area contributed by atoms with E-state index in [-0.39, 0.29) is 0 Å². The van der Waals surface area contributed by atoms with Gasteiger partial charge >= 0.3 is 0 Å². The second-order valence-corrected chi connectivity index (χ2v) is 4.18. The molecule has 1 aromatic heterocycles. The van der Waals surface area contributed by atoms with E-state index in [1.807, 2.05) is 30.5 Å². The highest BCUT2D eigenvalue weighted by Gasteiger charge is 1.97. The smallest absolute Gasteiger partial charge is 0.101 e. The summed E-state index contributed by atoms with van der Waals surface area (Å²) >= 11 is 1.69. The Labute approximate surface area is 88.2 Å². The third kappa shape index (κ3) is 2.36. The molecule has 0 radical (unpaired) electrons. The summed E-state index contributed by atoms with van der Waals surface area (Å²) in [6.07, 6.45) is 1.85. The molecule has 0 fully saturated rings. The summed E-state index contributed by atoms with van der Waals surface area (Å²) in [5, 5.41) is 1.05. The van der Waals surface area contributed by atoms with Gasteiger partial charge in [-0.1, -0.05) is 30.0 Å². The monoisotopic (exact) mass is 201 g/mol. The Hall–Kier alpha value is -1.28. The molecular weight excluding hydrogens is 190 g/mol. The SMILES string of the molecule is Cc1ccnc(Sc2ccccc2)c1. The molecule has 0 N–H and O–H groups in total. The summed E-state index contributed by atoms with van der Waals surface area (Å²) in [5.41, 5.74) is 1.25. The van der Waals surface area contributed by atoms with Crippen molar-refractivity contribution in [2.75, 3.05) is 0 Å². The van der Waals surface area contributed by atoms with Gasteiger partial charge in [-0.2, -0.15) is 0 Å². The molecule has 0 saturated heterocycles. The molecule has 70 valence electrons. The van der Waals surface area contributed by atoms with E-state index >= 15 is 0 Å².